The molecular weight excluding hydrogens is 316 g/mol. The number of thiophene rings is 1. The van der Waals surface area contributed by atoms with Gasteiger partial charge in [-0.1, -0.05) is 38.5 Å². The van der Waals surface area contributed by atoms with E-state index in [9.17, 15) is 10.1 Å². The predicted octanol–water partition coefficient (Wildman–Crippen LogP) is 5.26. The topological polar surface area (TPSA) is 52.9 Å². The van der Waals surface area contributed by atoms with Crippen LogP contribution in [-0.2, 0) is 6.42 Å². The summed E-state index contributed by atoms with van der Waals surface area (Å²) < 4.78 is 0. The average Bonchev–Trinajstić information content (AvgIpc) is 2.84. The number of nitrogens with one attached hydrogen (secondary N) is 1. The Balaban J connectivity index is 1.94. The SMILES string of the molecule is Cc1ccc(C(=O)Nc2sc3c(c2C#N)CC(C)(C)CC3C)cc1. The molecule has 0 fully saturated rings. The standard InChI is InChI=1S/C20H22N2OS/c1-12-5-7-14(8-6-12)18(23)22-19-16(11-21)15-10-20(3,4)9-13(2)17(15)24-19/h5-8,13H,9-10H2,1-4H3,(H,22,23). The molecule has 1 amide bonds. The molecule has 1 unspecified atom stereocenters. The highest BCUT2D eigenvalue weighted by Gasteiger charge is 2.34. The molecule has 124 valence electrons. The molecule has 2 aromatic rings. The lowest BCUT2D eigenvalue weighted by molar-refractivity contribution is 0.102. The molecule has 3 nitrogen and oxygen atoms in total. The quantitative estimate of drug-likeness (QED) is 0.812. The van der Waals surface area contributed by atoms with E-state index in [0.29, 0.717) is 22.0 Å². The van der Waals surface area contributed by atoms with Crippen LogP contribution in [0.5, 0.6) is 0 Å². The first kappa shape index (κ1) is 16.7. The van der Waals surface area contributed by atoms with Crippen LogP contribution < -0.4 is 5.32 Å². The van der Waals surface area contributed by atoms with Gasteiger partial charge in [-0.15, -0.1) is 11.3 Å². The summed E-state index contributed by atoms with van der Waals surface area (Å²) in [6.07, 6.45) is 2.00. The van der Waals surface area contributed by atoms with Crippen molar-refractivity contribution in [3.8, 4) is 6.07 Å². The summed E-state index contributed by atoms with van der Waals surface area (Å²) >= 11 is 1.57. The highest BCUT2D eigenvalue weighted by Crippen LogP contribution is 2.48. The normalized spacial score (nSPS) is 18.5. The Labute approximate surface area is 147 Å². The molecule has 1 aliphatic rings. The van der Waals surface area contributed by atoms with E-state index in [-0.39, 0.29) is 11.3 Å². The van der Waals surface area contributed by atoms with Gasteiger partial charge in [-0.3, -0.25) is 4.79 Å². The molecule has 1 aliphatic carbocycles. The fourth-order valence-corrected chi connectivity index (χ4v) is 4.83. The summed E-state index contributed by atoms with van der Waals surface area (Å²) in [6.45, 7) is 8.69. The van der Waals surface area contributed by atoms with Crippen molar-refractivity contribution in [1.82, 2.24) is 0 Å². The van der Waals surface area contributed by atoms with Crippen LogP contribution in [-0.4, -0.2) is 5.91 Å². The number of anilines is 1. The third kappa shape index (κ3) is 3.09. The van der Waals surface area contributed by atoms with E-state index >= 15 is 0 Å². The van der Waals surface area contributed by atoms with Crippen molar-refractivity contribution < 1.29 is 4.79 Å². The average molecular weight is 338 g/mol. The van der Waals surface area contributed by atoms with Gasteiger partial charge in [0.1, 0.15) is 11.1 Å². The largest absolute Gasteiger partial charge is 0.312 e. The molecule has 0 spiro atoms. The van der Waals surface area contributed by atoms with Crippen LogP contribution in [0.2, 0.25) is 0 Å². The monoisotopic (exact) mass is 338 g/mol. The number of hydrogen-bond donors (Lipinski definition) is 1. The summed E-state index contributed by atoms with van der Waals surface area (Å²) in [5.41, 5.74) is 3.70. The lowest BCUT2D eigenvalue weighted by Gasteiger charge is -2.33. The zero-order valence-corrected chi connectivity index (χ0v) is 15.4. The molecule has 0 saturated carbocycles. The molecule has 0 aliphatic heterocycles. The summed E-state index contributed by atoms with van der Waals surface area (Å²) in [4.78, 5) is 13.8. The molecule has 1 aromatic carbocycles. The van der Waals surface area contributed by atoms with Crippen LogP contribution in [0.3, 0.4) is 0 Å². The van der Waals surface area contributed by atoms with Crippen LogP contribution in [0.4, 0.5) is 5.00 Å². The van der Waals surface area contributed by atoms with Crippen molar-refractivity contribution in [1.29, 1.82) is 5.26 Å². The van der Waals surface area contributed by atoms with E-state index in [1.807, 2.05) is 31.2 Å². The van der Waals surface area contributed by atoms with Gasteiger partial charge in [0.25, 0.3) is 5.91 Å². The van der Waals surface area contributed by atoms with Gasteiger partial charge in [-0.2, -0.15) is 5.26 Å². The first-order chi connectivity index (χ1) is 11.3. The van der Waals surface area contributed by atoms with Gasteiger partial charge in [0.15, 0.2) is 0 Å². The van der Waals surface area contributed by atoms with E-state index in [2.05, 4.69) is 32.2 Å². The predicted molar refractivity (Wildman–Crippen MR) is 98.7 cm³/mol. The molecule has 0 saturated heterocycles. The number of hydrogen-bond acceptors (Lipinski definition) is 3. The minimum absolute atomic E-state index is 0.156. The second-order valence-corrected chi connectivity index (χ2v) is 8.58. The van der Waals surface area contributed by atoms with E-state index in [0.717, 1.165) is 24.0 Å². The van der Waals surface area contributed by atoms with Crippen LogP contribution >= 0.6 is 11.3 Å². The molecule has 1 aromatic heterocycles. The fourth-order valence-electron chi connectivity index (χ4n) is 3.62. The van der Waals surface area contributed by atoms with Gasteiger partial charge in [-0.05, 0) is 48.8 Å². The van der Waals surface area contributed by atoms with E-state index in [4.69, 9.17) is 0 Å². The van der Waals surface area contributed by atoms with Crippen molar-refractivity contribution >= 4 is 22.2 Å². The van der Waals surface area contributed by atoms with Crippen molar-refractivity contribution in [2.24, 2.45) is 5.41 Å². The highest BCUT2D eigenvalue weighted by atomic mass is 32.1. The van der Waals surface area contributed by atoms with E-state index in [1.54, 1.807) is 11.3 Å². The van der Waals surface area contributed by atoms with Gasteiger partial charge >= 0.3 is 0 Å². The Morgan fingerprint density at radius 3 is 2.62 bits per heavy atom. The van der Waals surface area contributed by atoms with Gasteiger partial charge in [0, 0.05) is 10.4 Å². The Hall–Kier alpha value is -2.12. The molecule has 4 heteroatoms. The summed E-state index contributed by atoms with van der Waals surface area (Å²) in [7, 11) is 0. The molecule has 0 bridgehead atoms. The first-order valence-corrected chi connectivity index (χ1v) is 9.06. The summed E-state index contributed by atoms with van der Waals surface area (Å²) in [6, 6.07) is 9.80. The van der Waals surface area contributed by atoms with E-state index in [1.165, 1.54) is 4.88 Å². The molecule has 1 atom stereocenters. The number of nitriles is 1. The smallest absolute Gasteiger partial charge is 0.256 e. The number of benzene rings is 1. The van der Waals surface area contributed by atoms with Crippen molar-refractivity contribution in [2.75, 3.05) is 5.32 Å². The highest BCUT2D eigenvalue weighted by molar-refractivity contribution is 7.16. The minimum Gasteiger partial charge on any atom is -0.312 e. The number of aryl methyl sites for hydroxylation is 1. The number of carbonyl (C=O) groups is 1. The van der Waals surface area contributed by atoms with Crippen molar-refractivity contribution in [3.05, 3.63) is 51.4 Å². The molecular formula is C20H22N2OS. The van der Waals surface area contributed by atoms with Crippen molar-refractivity contribution in [3.63, 3.8) is 0 Å². The fraction of sp³-hybridized carbons (Fsp3) is 0.400. The Bertz CT molecular complexity index is 825. The maximum Gasteiger partial charge on any atom is 0.256 e. The molecule has 1 heterocycles. The number of fused-ring (bicyclic) bond motifs is 1. The molecule has 0 radical (unpaired) electrons. The van der Waals surface area contributed by atoms with Crippen LogP contribution in [0, 0.1) is 23.7 Å². The second-order valence-electron chi connectivity index (χ2n) is 7.53. The van der Waals surface area contributed by atoms with Gasteiger partial charge in [-0.25, -0.2) is 0 Å². The lowest BCUT2D eigenvalue weighted by Crippen LogP contribution is -2.23. The molecule has 24 heavy (non-hydrogen) atoms. The third-order valence-electron chi connectivity index (χ3n) is 4.65. The van der Waals surface area contributed by atoms with Crippen LogP contribution in [0.1, 0.15) is 65.0 Å². The minimum atomic E-state index is -0.156. The maximum absolute atomic E-state index is 12.5. The lowest BCUT2D eigenvalue weighted by atomic mass is 9.72. The van der Waals surface area contributed by atoms with Crippen LogP contribution in [0.15, 0.2) is 24.3 Å². The molecule has 3 rings (SSSR count). The number of carbonyl (C=O) groups excluding carboxylic acids is 1. The van der Waals surface area contributed by atoms with Crippen molar-refractivity contribution in [2.45, 2.75) is 46.5 Å². The third-order valence-corrected chi connectivity index (χ3v) is 6.03. The zero-order valence-electron chi connectivity index (χ0n) is 14.6. The number of amides is 1. The number of rotatable bonds is 2. The Morgan fingerprint density at radius 2 is 2.00 bits per heavy atom. The first-order valence-electron chi connectivity index (χ1n) is 8.24. The zero-order chi connectivity index (χ0) is 17.5. The Kier molecular flexibility index (Phi) is 4.23. The van der Waals surface area contributed by atoms with Crippen LogP contribution in [0.25, 0.3) is 0 Å². The van der Waals surface area contributed by atoms with Gasteiger partial charge in [0.05, 0.1) is 5.56 Å². The van der Waals surface area contributed by atoms with Gasteiger partial charge in [0.2, 0.25) is 0 Å². The van der Waals surface area contributed by atoms with E-state index < -0.39 is 0 Å². The Morgan fingerprint density at radius 1 is 1.33 bits per heavy atom. The molecule has 1 N–H and O–H groups in total. The number of nitrogens with zero attached hydrogens (tertiary/aromatic N) is 1. The summed E-state index contributed by atoms with van der Waals surface area (Å²) in [5.74, 6) is 0.267. The maximum atomic E-state index is 12.5. The summed E-state index contributed by atoms with van der Waals surface area (Å²) in [5, 5.41) is 13.3. The second kappa shape index (κ2) is 6.07. The van der Waals surface area contributed by atoms with Gasteiger partial charge < -0.3 is 5.32 Å².